The van der Waals surface area contributed by atoms with Crippen LogP contribution in [0.15, 0.2) is 61.1 Å². The van der Waals surface area contributed by atoms with Crippen molar-refractivity contribution >= 4 is 50.6 Å². The minimum absolute atomic E-state index is 0.0521. The van der Waals surface area contributed by atoms with Crippen molar-refractivity contribution in [2.24, 2.45) is 0 Å². The molecule has 0 atom stereocenters. The molecule has 0 saturated carbocycles. The summed E-state index contributed by atoms with van der Waals surface area (Å²) >= 11 is 8.14. The maximum Gasteiger partial charge on any atom is 0.246 e. The second-order valence-electron chi connectivity index (χ2n) is 9.29. The minimum Gasteiger partial charge on any atom is -0.486 e. The highest BCUT2D eigenvalue weighted by molar-refractivity contribution is 7.19. The van der Waals surface area contributed by atoms with Gasteiger partial charge in [0.25, 0.3) is 0 Å². The first-order valence-electron chi connectivity index (χ1n) is 12.4. The predicted octanol–water partition coefficient (Wildman–Crippen LogP) is 5.45. The van der Waals surface area contributed by atoms with Crippen molar-refractivity contribution in [3.63, 3.8) is 0 Å². The van der Waals surface area contributed by atoms with Crippen molar-refractivity contribution in [1.82, 2.24) is 24.8 Å². The van der Waals surface area contributed by atoms with Gasteiger partial charge in [0, 0.05) is 29.9 Å². The van der Waals surface area contributed by atoms with Crippen LogP contribution in [-0.2, 0) is 24.4 Å². The quantitative estimate of drug-likeness (QED) is 0.278. The fourth-order valence-electron chi connectivity index (χ4n) is 4.30. The Balaban J connectivity index is 1.29. The number of pyridine rings is 1. The van der Waals surface area contributed by atoms with Crippen molar-refractivity contribution in [2.75, 3.05) is 32.5 Å². The molecule has 3 aromatic heterocycles. The number of nitrogens with zero attached hydrogens (tertiary/aromatic N) is 5. The highest BCUT2D eigenvalue weighted by Crippen LogP contribution is 2.38. The zero-order valence-electron chi connectivity index (χ0n) is 21.4. The van der Waals surface area contributed by atoms with E-state index in [1.807, 2.05) is 61.5 Å². The Kier molecular flexibility index (Phi) is 8.17. The smallest absolute Gasteiger partial charge is 0.246 e. The third kappa shape index (κ3) is 6.12. The number of rotatable bonds is 9. The van der Waals surface area contributed by atoms with Gasteiger partial charge in [-0.15, -0.1) is 11.3 Å². The number of carbonyl (C=O) groups excluding carboxylic acids is 1. The van der Waals surface area contributed by atoms with E-state index in [1.165, 1.54) is 5.56 Å². The summed E-state index contributed by atoms with van der Waals surface area (Å²) in [6.45, 7) is 2.51. The Morgan fingerprint density at radius 1 is 1.24 bits per heavy atom. The number of benzene rings is 1. The number of fused-ring (bicyclic) bond motifs is 3. The summed E-state index contributed by atoms with van der Waals surface area (Å²) in [6.07, 6.45) is 8.56. The number of hydrogen-bond donors (Lipinski definition) is 1. The Bertz CT molecular complexity index is 1460. The van der Waals surface area contributed by atoms with Crippen LogP contribution in [0.4, 0.5) is 11.5 Å². The summed E-state index contributed by atoms with van der Waals surface area (Å²) in [5, 5.41) is 4.91. The summed E-state index contributed by atoms with van der Waals surface area (Å²) in [7, 11) is 4.05. The van der Waals surface area contributed by atoms with E-state index in [4.69, 9.17) is 16.3 Å². The molecule has 196 valence electrons. The first-order valence-corrected chi connectivity index (χ1v) is 13.6. The number of thiophene rings is 1. The Hall–Kier alpha value is -3.53. The first kappa shape index (κ1) is 26.1. The van der Waals surface area contributed by atoms with Crippen molar-refractivity contribution in [2.45, 2.75) is 26.0 Å². The molecule has 0 spiro atoms. The summed E-state index contributed by atoms with van der Waals surface area (Å²) in [4.78, 5) is 32.1. The molecule has 0 saturated heterocycles. The number of aromatic nitrogens is 3. The molecule has 0 aliphatic carbocycles. The zero-order chi connectivity index (χ0) is 26.5. The first-order chi connectivity index (χ1) is 18.5. The topological polar surface area (TPSA) is 83.5 Å². The van der Waals surface area contributed by atoms with Gasteiger partial charge < -0.3 is 19.9 Å². The lowest BCUT2D eigenvalue weighted by atomic mass is 10.0. The standard InChI is InChI=1S/C28H29ClN6O2S/c1-34(2)13-6-4-8-25(36)35-14-11-21-24(16-35)38-28-26(21)27(31-18-32-28)33-19-9-10-23(22(29)15-19)37-17-20-7-3-5-12-30-20/h3-5,7-10,12,15,18H,6,11,13-14,16-17H2,1-2H3,(H,31,32,33)/b8-4+. The molecule has 1 aromatic carbocycles. The van der Waals surface area contributed by atoms with Gasteiger partial charge in [0.2, 0.25) is 5.91 Å². The number of hydrogen-bond acceptors (Lipinski definition) is 8. The fourth-order valence-corrected chi connectivity index (χ4v) is 5.74. The van der Waals surface area contributed by atoms with Crippen LogP contribution < -0.4 is 10.1 Å². The molecule has 38 heavy (non-hydrogen) atoms. The molecule has 0 fully saturated rings. The number of halogens is 1. The SMILES string of the molecule is CN(C)CC/C=C/C(=O)N1CCc2c(sc3ncnc(Nc4ccc(OCc5ccccn5)c(Cl)c4)c23)C1. The molecular formula is C28H29ClN6O2S. The molecule has 0 unspecified atom stereocenters. The molecular weight excluding hydrogens is 520 g/mol. The van der Waals surface area contributed by atoms with Gasteiger partial charge in [0.05, 0.1) is 22.6 Å². The van der Waals surface area contributed by atoms with Gasteiger partial charge in [-0.2, -0.15) is 0 Å². The van der Waals surface area contributed by atoms with E-state index in [9.17, 15) is 4.79 Å². The molecule has 1 aliphatic rings. The summed E-state index contributed by atoms with van der Waals surface area (Å²) in [5.41, 5.74) is 2.84. The van der Waals surface area contributed by atoms with Crippen LogP contribution >= 0.6 is 22.9 Å². The van der Waals surface area contributed by atoms with E-state index >= 15 is 0 Å². The zero-order valence-corrected chi connectivity index (χ0v) is 22.9. The van der Waals surface area contributed by atoms with Gasteiger partial charge >= 0.3 is 0 Å². The van der Waals surface area contributed by atoms with E-state index in [2.05, 4.69) is 25.2 Å². The largest absolute Gasteiger partial charge is 0.486 e. The van der Waals surface area contributed by atoms with Gasteiger partial charge in [-0.3, -0.25) is 9.78 Å². The van der Waals surface area contributed by atoms with Gasteiger partial charge in [-0.25, -0.2) is 9.97 Å². The highest BCUT2D eigenvalue weighted by atomic mass is 35.5. The third-order valence-electron chi connectivity index (χ3n) is 6.25. The number of ether oxygens (including phenoxy) is 1. The van der Waals surface area contributed by atoms with Crippen LogP contribution in [0.3, 0.4) is 0 Å². The summed E-state index contributed by atoms with van der Waals surface area (Å²) in [6, 6.07) is 11.3. The lowest BCUT2D eigenvalue weighted by Crippen LogP contribution is -2.34. The number of carbonyl (C=O) groups is 1. The second kappa shape index (κ2) is 11.9. The van der Waals surface area contributed by atoms with Crippen molar-refractivity contribution in [3.05, 3.63) is 82.2 Å². The van der Waals surface area contributed by atoms with Gasteiger partial charge in [0.15, 0.2) is 0 Å². The van der Waals surface area contributed by atoms with E-state index in [-0.39, 0.29) is 5.91 Å². The highest BCUT2D eigenvalue weighted by Gasteiger charge is 2.25. The van der Waals surface area contributed by atoms with E-state index in [0.29, 0.717) is 30.5 Å². The summed E-state index contributed by atoms with van der Waals surface area (Å²) in [5.74, 6) is 1.37. The van der Waals surface area contributed by atoms with Crippen LogP contribution in [0.5, 0.6) is 5.75 Å². The number of nitrogens with one attached hydrogen (secondary N) is 1. The molecule has 1 aliphatic heterocycles. The number of amides is 1. The lowest BCUT2D eigenvalue weighted by molar-refractivity contribution is -0.126. The van der Waals surface area contributed by atoms with Crippen molar-refractivity contribution in [1.29, 1.82) is 0 Å². The molecule has 0 radical (unpaired) electrons. The molecule has 1 N–H and O–H groups in total. The van der Waals surface area contributed by atoms with Crippen LogP contribution in [0.2, 0.25) is 5.02 Å². The monoisotopic (exact) mass is 548 g/mol. The molecule has 0 bridgehead atoms. The van der Waals surface area contributed by atoms with Crippen LogP contribution in [-0.4, -0.2) is 57.8 Å². The third-order valence-corrected chi connectivity index (χ3v) is 7.67. The van der Waals surface area contributed by atoms with E-state index in [0.717, 1.165) is 51.7 Å². The maximum atomic E-state index is 12.7. The lowest BCUT2D eigenvalue weighted by Gasteiger charge is -2.26. The molecule has 10 heteroatoms. The fraction of sp³-hybridized carbons (Fsp3) is 0.286. The molecule has 8 nitrogen and oxygen atoms in total. The number of anilines is 2. The summed E-state index contributed by atoms with van der Waals surface area (Å²) < 4.78 is 5.85. The van der Waals surface area contributed by atoms with Gasteiger partial charge in [0.1, 0.15) is 29.3 Å². The predicted molar refractivity (Wildman–Crippen MR) is 152 cm³/mol. The maximum absolute atomic E-state index is 12.7. The van der Waals surface area contributed by atoms with Gasteiger partial charge in [-0.05, 0) is 68.9 Å². The van der Waals surface area contributed by atoms with Crippen molar-refractivity contribution in [3.8, 4) is 5.75 Å². The Morgan fingerprint density at radius 2 is 2.13 bits per heavy atom. The van der Waals surface area contributed by atoms with Crippen LogP contribution in [0.25, 0.3) is 10.2 Å². The van der Waals surface area contributed by atoms with Crippen LogP contribution in [0, 0.1) is 0 Å². The molecule has 4 aromatic rings. The van der Waals surface area contributed by atoms with E-state index < -0.39 is 0 Å². The second-order valence-corrected chi connectivity index (χ2v) is 10.8. The molecule has 4 heterocycles. The normalized spacial score (nSPS) is 13.3. The molecule has 5 rings (SSSR count). The minimum atomic E-state index is 0.0521. The molecule has 1 amide bonds. The van der Waals surface area contributed by atoms with Gasteiger partial charge in [-0.1, -0.05) is 23.7 Å². The average Bonchev–Trinajstić information content (AvgIpc) is 3.30. The average molecular weight is 549 g/mol. The Morgan fingerprint density at radius 3 is 2.92 bits per heavy atom. The van der Waals surface area contributed by atoms with E-state index in [1.54, 1.807) is 29.9 Å². The Labute approximate surface area is 230 Å². The van der Waals surface area contributed by atoms with Crippen LogP contribution in [0.1, 0.15) is 22.6 Å². The van der Waals surface area contributed by atoms with Crippen molar-refractivity contribution < 1.29 is 9.53 Å².